The summed E-state index contributed by atoms with van der Waals surface area (Å²) in [5.74, 6) is 1.22. The van der Waals surface area contributed by atoms with Crippen LogP contribution in [0.4, 0.5) is 0 Å². The molecule has 2 aromatic rings. The minimum absolute atomic E-state index is 0.0346. The average molecular weight is 637 g/mol. The minimum Gasteiger partial charge on any atom is -0.756 e. The molecule has 0 aliphatic rings. The number of phosphoric acid groups is 1. The molecule has 12 heteroatoms. The molecule has 2 heterocycles. The summed E-state index contributed by atoms with van der Waals surface area (Å²) in [6.45, 7) is 1.85. The van der Waals surface area contributed by atoms with Crippen molar-refractivity contribution in [1.29, 1.82) is 0 Å². The summed E-state index contributed by atoms with van der Waals surface area (Å²) < 4.78 is 42.9. The van der Waals surface area contributed by atoms with E-state index < -0.39 is 13.9 Å². The first-order valence-corrected chi connectivity index (χ1v) is 16.9. The Kier molecular flexibility index (Phi) is 18.5. The highest BCUT2D eigenvalue weighted by molar-refractivity contribution is 9.09. The maximum Gasteiger partial charge on any atom is 0.268 e. The van der Waals surface area contributed by atoms with Crippen LogP contribution in [0.15, 0.2) is 27.4 Å². The van der Waals surface area contributed by atoms with E-state index in [0.29, 0.717) is 11.2 Å². The zero-order valence-electron chi connectivity index (χ0n) is 23.2. The number of halogens is 1. The Labute approximate surface area is 241 Å². The van der Waals surface area contributed by atoms with Gasteiger partial charge in [-0.05, 0) is 16.7 Å². The fraction of sp³-hybridized carbons (Fsp3) is 0.778. The molecule has 0 radical (unpaired) electrons. The Bertz CT molecular complexity index is 883. The fourth-order valence-corrected chi connectivity index (χ4v) is 5.21. The molecule has 0 N–H and O–H groups in total. The van der Waals surface area contributed by atoms with Crippen molar-refractivity contribution in [3.05, 3.63) is 24.2 Å². The second kappa shape index (κ2) is 21.4. The quantitative estimate of drug-likeness (QED) is 0.0585. The molecule has 0 aliphatic heterocycles. The van der Waals surface area contributed by atoms with Crippen LogP contribution in [-0.2, 0) is 20.0 Å². The molecule has 0 saturated carbocycles. The molecule has 39 heavy (non-hydrogen) atoms. The number of alkyl halides is 1. The molecule has 0 amide bonds. The van der Waals surface area contributed by atoms with Gasteiger partial charge in [0, 0.05) is 23.9 Å². The predicted octanol–water partition coefficient (Wildman–Crippen LogP) is 7.41. The summed E-state index contributed by atoms with van der Waals surface area (Å²) in [5.41, 5.74) is 0. The lowest BCUT2D eigenvalue weighted by molar-refractivity contribution is -0.226. The number of unbranched alkanes of at least 4 members (excludes halogenated alkanes) is 13. The molecule has 0 fully saturated rings. The first kappa shape index (κ1) is 33.8. The van der Waals surface area contributed by atoms with Crippen LogP contribution in [0.2, 0.25) is 0 Å². The number of ether oxygens (including phenoxy) is 2. The van der Waals surface area contributed by atoms with Crippen molar-refractivity contribution in [2.45, 2.75) is 109 Å². The van der Waals surface area contributed by atoms with Gasteiger partial charge in [0.2, 0.25) is 0 Å². The Morgan fingerprint density at radius 2 is 1.54 bits per heavy atom. The van der Waals surface area contributed by atoms with Crippen LogP contribution in [0.5, 0.6) is 11.8 Å². The number of rotatable bonds is 26. The van der Waals surface area contributed by atoms with Gasteiger partial charge in [0.15, 0.2) is 6.10 Å². The number of nitrogens with zero attached hydrogens (tertiary/aromatic N) is 2. The summed E-state index contributed by atoms with van der Waals surface area (Å²) in [6, 6.07) is 3.24. The van der Waals surface area contributed by atoms with Crippen LogP contribution in [-0.4, -0.2) is 41.6 Å². The van der Waals surface area contributed by atoms with Crippen molar-refractivity contribution in [1.82, 2.24) is 10.3 Å². The van der Waals surface area contributed by atoms with Crippen molar-refractivity contribution in [2.75, 3.05) is 25.2 Å². The SMILES string of the molecule is CCCCCCCCCCCCCCCCc1cc(OCC(COP(=O)([O-])OCCBr)Oc2ccon2)no1. The Morgan fingerprint density at radius 3 is 2.13 bits per heavy atom. The van der Waals surface area contributed by atoms with Gasteiger partial charge in [-0.25, -0.2) is 0 Å². The predicted molar refractivity (Wildman–Crippen MR) is 150 cm³/mol. The molecule has 2 unspecified atom stereocenters. The third kappa shape index (κ3) is 17.1. The van der Waals surface area contributed by atoms with Gasteiger partial charge >= 0.3 is 0 Å². The van der Waals surface area contributed by atoms with Gasteiger partial charge in [0.25, 0.3) is 19.6 Å². The number of phosphoric ester groups is 1. The van der Waals surface area contributed by atoms with Crippen LogP contribution in [0.25, 0.3) is 0 Å². The molecule has 0 aliphatic carbocycles. The molecular weight excluding hydrogens is 591 g/mol. The molecule has 0 spiro atoms. The first-order valence-electron chi connectivity index (χ1n) is 14.3. The van der Waals surface area contributed by atoms with Crippen LogP contribution >= 0.6 is 23.8 Å². The molecule has 10 nitrogen and oxygen atoms in total. The van der Waals surface area contributed by atoms with E-state index in [1.165, 1.54) is 89.4 Å². The lowest BCUT2D eigenvalue weighted by atomic mass is 10.0. The Morgan fingerprint density at radius 1 is 0.897 bits per heavy atom. The Balaban J connectivity index is 1.57. The summed E-state index contributed by atoms with van der Waals surface area (Å²) in [4.78, 5) is 11.9. The summed E-state index contributed by atoms with van der Waals surface area (Å²) >= 11 is 3.10. The molecule has 224 valence electrons. The van der Waals surface area contributed by atoms with Gasteiger partial charge < -0.3 is 32.5 Å². The highest BCUT2D eigenvalue weighted by Crippen LogP contribution is 2.38. The van der Waals surface area contributed by atoms with Gasteiger partial charge in [0.1, 0.15) is 18.6 Å². The maximum atomic E-state index is 11.9. The molecular formula is C27H45BrN2O8P-. The topological polar surface area (TPSA) is 129 Å². The second-order valence-electron chi connectivity index (χ2n) is 9.63. The molecule has 2 atom stereocenters. The van der Waals surface area contributed by atoms with Crippen molar-refractivity contribution < 1.29 is 37.0 Å². The zero-order valence-corrected chi connectivity index (χ0v) is 25.7. The highest BCUT2D eigenvalue weighted by Gasteiger charge is 2.19. The second-order valence-corrected chi connectivity index (χ2v) is 11.8. The third-order valence-corrected chi connectivity index (χ3v) is 7.47. The smallest absolute Gasteiger partial charge is 0.268 e. The van der Waals surface area contributed by atoms with Crippen LogP contribution in [0, 0.1) is 0 Å². The largest absolute Gasteiger partial charge is 0.756 e. The number of hydrogen-bond acceptors (Lipinski definition) is 10. The van der Waals surface area contributed by atoms with E-state index in [2.05, 4.69) is 33.2 Å². The average Bonchev–Trinajstić information content (AvgIpc) is 3.61. The monoisotopic (exact) mass is 635 g/mol. The molecule has 0 aromatic carbocycles. The van der Waals surface area contributed by atoms with Crippen LogP contribution < -0.4 is 14.4 Å². The zero-order chi connectivity index (χ0) is 28.0. The number of aryl methyl sites for hydroxylation is 1. The van der Waals surface area contributed by atoms with E-state index in [1.54, 1.807) is 6.07 Å². The standard InChI is InChI=1S/C27H46BrN2O8P/c1-2-3-4-5-6-7-8-9-10-11-12-13-14-15-16-24-21-27(30-38-24)33-22-25(37-26-17-19-34-29-26)23-36-39(31,32)35-20-18-28/h17,19,21,25H,2-16,18,20,22-23H2,1H3,(H,31,32)/p-1. The maximum absolute atomic E-state index is 11.9. The fourth-order valence-electron chi connectivity index (χ4n) is 4.06. The molecule has 2 aromatic heterocycles. The molecule has 2 rings (SSSR count). The summed E-state index contributed by atoms with van der Waals surface area (Å²) in [6.07, 6.45) is 19.8. The minimum atomic E-state index is -4.47. The van der Waals surface area contributed by atoms with E-state index in [-0.39, 0.29) is 25.7 Å². The van der Waals surface area contributed by atoms with Gasteiger partial charge in [-0.2, -0.15) is 0 Å². The van der Waals surface area contributed by atoms with Gasteiger partial charge in [-0.3, -0.25) is 4.57 Å². The van der Waals surface area contributed by atoms with E-state index in [1.807, 2.05) is 0 Å². The first-order chi connectivity index (χ1) is 19.0. The Hall–Kier alpha value is -1.39. The highest BCUT2D eigenvalue weighted by atomic mass is 79.9. The van der Waals surface area contributed by atoms with E-state index in [4.69, 9.17) is 27.6 Å². The lowest BCUT2D eigenvalue weighted by Crippen LogP contribution is -2.31. The summed E-state index contributed by atoms with van der Waals surface area (Å²) in [7, 11) is -4.47. The van der Waals surface area contributed by atoms with Gasteiger partial charge in [-0.15, -0.1) is 0 Å². The van der Waals surface area contributed by atoms with E-state index >= 15 is 0 Å². The van der Waals surface area contributed by atoms with Crippen molar-refractivity contribution in [3.63, 3.8) is 0 Å². The van der Waals surface area contributed by atoms with E-state index in [9.17, 15) is 9.46 Å². The summed E-state index contributed by atoms with van der Waals surface area (Å²) in [5, 5.41) is 7.97. The van der Waals surface area contributed by atoms with Crippen LogP contribution in [0.1, 0.15) is 103 Å². The van der Waals surface area contributed by atoms with Crippen molar-refractivity contribution >= 4 is 23.8 Å². The number of aromatic nitrogens is 2. The lowest BCUT2D eigenvalue weighted by Gasteiger charge is -2.25. The van der Waals surface area contributed by atoms with Crippen molar-refractivity contribution in [3.8, 4) is 11.8 Å². The molecule has 0 saturated heterocycles. The van der Waals surface area contributed by atoms with Gasteiger partial charge in [-0.1, -0.05) is 106 Å². The third-order valence-electron chi connectivity index (χ3n) is 6.18. The van der Waals surface area contributed by atoms with E-state index in [0.717, 1.165) is 25.0 Å². The van der Waals surface area contributed by atoms with Crippen molar-refractivity contribution in [2.24, 2.45) is 0 Å². The molecule has 0 bridgehead atoms. The number of hydrogen-bond donors (Lipinski definition) is 0. The normalized spacial score (nSPS) is 13.8. The van der Waals surface area contributed by atoms with Crippen LogP contribution in [0.3, 0.4) is 0 Å². The van der Waals surface area contributed by atoms with Gasteiger partial charge in [0.05, 0.1) is 13.2 Å².